The molecule has 0 aliphatic carbocycles. The molecule has 3 rings (SSSR count). The van der Waals surface area contributed by atoms with Crippen LogP contribution in [0.1, 0.15) is 12.2 Å². The second kappa shape index (κ2) is 7.95. The summed E-state index contributed by atoms with van der Waals surface area (Å²) in [5.74, 6) is 0.842. The summed E-state index contributed by atoms with van der Waals surface area (Å²) in [6, 6.07) is 8.12. The molecule has 0 atom stereocenters. The van der Waals surface area contributed by atoms with E-state index in [1.165, 1.54) is 17.2 Å². The van der Waals surface area contributed by atoms with E-state index in [1.807, 2.05) is 25.1 Å². The lowest BCUT2D eigenvalue weighted by Gasteiger charge is -2.36. The number of rotatable bonds is 6. The van der Waals surface area contributed by atoms with Crippen molar-refractivity contribution in [3.05, 3.63) is 35.1 Å². The molecule has 0 amide bonds. The standard InChI is InChI=1S/C16H22ClN5S/c1-13-19-16(23-20-13)18-6-3-7-21-8-10-22(11-9-21)15-5-2-4-14(17)12-15/h2,4-5,12H,3,6-11H2,1H3,(H,18,19,20). The van der Waals surface area contributed by atoms with Crippen molar-refractivity contribution in [2.24, 2.45) is 0 Å². The van der Waals surface area contributed by atoms with Gasteiger partial charge in [-0.25, -0.2) is 4.98 Å². The van der Waals surface area contributed by atoms with Gasteiger partial charge in [-0.3, -0.25) is 4.90 Å². The lowest BCUT2D eigenvalue weighted by molar-refractivity contribution is 0.257. The average Bonchev–Trinajstić information content (AvgIpc) is 2.98. The maximum atomic E-state index is 6.08. The second-order valence-corrected chi connectivity index (χ2v) is 6.92. The predicted molar refractivity (Wildman–Crippen MR) is 97.9 cm³/mol. The van der Waals surface area contributed by atoms with Crippen LogP contribution in [-0.4, -0.2) is 53.5 Å². The van der Waals surface area contributed by atoms with E-state index in [1.54, 1.807) is 0 Å². The summed E-state index contributed by atoms with van der Waals surface area (Å²) in [6.45, 7) is 8.31. The number of aryl methyl sites for hydroxylation is 1. The summed E-state index contributed by atoms with van der Waals surface area (Å²) in [6.07, 6.45) is 1.12. The fourth-order valence-corrected chi connectivity index (χ4v) is 3.55. The van der Waals surface area contributed by atoms with Crippen molar-refractivity contribution in [3.8, 4) is 0 Å². The van der Waals surface area contributed by atoms with E-state index < -0.39 is 0 Å². The Morgan fingerprint density at radius 3 is 2.78 bits per heavy atom. The lowest BCUT2D eigenvalue weighted by atomic mass is 10.2. The normalized spacial score (nSPS) is 15.8. The topological polar surface area (TPSA) is 44.3 Å². The van der Waals surface area contributed by atoms with Gasteiger partial charge >= 0.3 is 0 Å². The van der Waals surface area contributed by atoms with Gasteiger partial charge in [0.1, 0.15) is 5.82 Å². The van der Waals surface area contributed by atoms with Gasteiger partial charge in [-0.1, -0.05) is 17.7 Å². The minimum absolute atomic E-state index is 0.808. The molecule has 7 heteroatoms. The van der Waals surface area contributed by atoms with Gasteiger partial charge in [0.05, 0.1) is 0 Å². The van der Waals surface area contributed by atoms with Gasteiger partial charge in [-0.15, -0.1) is 0 Å². The van der Waals surface area contributed by atoms with Crippen LogP contribution in [0.2, 0.25) is 5.02 Å². The first-order valence-electron chi connectivity index (χ1n) is 7.98. The first-order valence-corrected chi connectivity index (χ1v) is 9.13. The Bertz CT molecular complexity index is 624. The van der Waals surface area contributed by atoms with Crippen LogP contribution in [0.4, 0.5) is 10.8 Å². The molecule has 1 saturated heterocycles. The van der Waals surface area contributed by atoms with Crippen molar-refractivity contribution in [3.63, 3.8) is 0 Å². The van der Waals surface area contributed by atoms with E-state index in [-0.39, 0.29) is 0 Å². The van der Waals surface area contributed by atoms with Gasteiger partial charge in [0, 0.05) is 55.0 Å². The fraction of sp³-hybridized carbons (Fsp3) is 0.500. The third-order valence-corrected chi connectivity index (χ3v) is 5.00. The predicted octanol–water partition coefficient (Wildman–Crippen LogP) is 3.12. The molecular weight excluding hydrogens is 330 g/mol. The molecular formula is C16H22ClN5S. The number of halogens is 1. The highest BCUT2D eigenvalue weighted by Crippen LogP contribution is 2.20. The van der Waals surface area contributed by atoms with E-state index in [9.17, 15) is 0 Å². The average molecular weight is 352 g/mol. The van der Waals surface area contributed by atoms with Crippen LogP contribution < -0.4 is 10.2 Å². The first-order chi connectivity index (χ1) is 11.2. The van der Waals surface area contributed by atoms with Crippen molar-refractivity contribution in [1.82, 2.24) is 14.3 Å². The zero-order valence-electron chi connectivity index (χ0n) is 13.3. The van der Waals surface area contributed by atoms with Crippen LogP contribution in [0.25, 0.3) is 0 Å². The molecule has 0 bridgehead atoms. The molecule has 0 saturated carbocycles. The van der Waals surface area contributed by atoms with Gasteiger partial charge in [0.2, 0.25) is 5.13 Å². The van der Waals surface area contributed by atoms with Crippen molar-refractivity contribution < 1.29 is 0 Å². The quantitative estimate of drug-likeness (QED) is 0.810. The van der Waals surface area contributed by atoms with Crippen molar-refractivity contribution >= 4 is 34.0 Å². The summed E-state index contributed by atoms with van der Waals surface area (Å²) >= 11 is 7.51. The zero-order valence-corrected chi connectivity index (χ0v) is 14.9. The van der Waals surface area contributed by atoms with Crippen LogP contribution in [0.3, 0.4) is 0 Å². The van der Waals surface area contributed by atoms with E-state index in [0.29, 0.717) is 0 Å². The third-order valence-electron chi connectivity index (χ3n) is 4.00. The fourth-order valence-electron chi connectivity index (χ4n) is 2.77. The molecule has 5 nitrogen and oxygen atoms in total. The van der Waals surface area contributed by atoms with Crippen LogP contribution in [0.15, 0.2) is 24.3 Å². The second-order valence-electron chi connectivity index (χ2n) is 5.74. The zero-order chi connectivity index (χ0) is 16.1. The van der Waals surface area contributed by atoms with Gasteiger partial charge < -0.3 is 10.2 Å². The van der Waals surface area contributed by atoms with E-state index >= 15 is 0 Å². The Hall–Kier alpha value is -1.37. The highest BCUT2D eigenvalue weighted by molar-refractivity contribution is 7.09. The maximum Gasteiger partial charge on any atom is 0.202 e. The minimum Gasteiger partial charge on any atom is -0.369 e. The molecule has 1 aliphatic rings. The molecule has 1 N–H and O–H groups in total. The summed E-state index contributed by atoms with van der Waals surface area (Å²) in [5, 5.41) is 5.07. The number of anilines is 2. The summed E-state index contributed by atoms with van der Waals surface area (Å²) < 4.78 is 4.17. The van der Waals surface area contributed by atoms with Crippen LogP contribution in [-0.2, 0) is 0 Å². The highest BCUT2D eigenvalue weighted by Gasteiger charge is 2.16. The van der Waals surface area contributed by atoms with E-state index in [0.717, 1.165) is 61.7 Å². The molecule has 0 radical (unpaired) electrons. The Morgan fingerprint density at radius 1 is 1.26 bits per heavy atom. The van der Waals surface area contributed by atoms with Crippen molar-refractivity contribution in [2.45, 2.75) is 13.3 Å². The Morgan fingerprint density at radius 2 is 2.09 bits per heavy atom. The molecule has 1 aliphatic heterocycles. The molecule has 1 aromatic heterocycles. The van der Waals surface area contributed by atoms with Gasteiger partial charge in [0.25, 0.3) is 0 Å². The van der Waals surface area contributed by atoms with Crippen LogP contribution >= 0.6 is 23.1 Å². The molecule has 1 aromatic carbocycles. The number of nitrogens with one attached hydrogen (secondary N) is 1. The summed E-state index contributed by atoms with van der Waals surface area (Å²) in [7, 11) is 0. The lowest BCUT2D eigenvalue weighted by Crippen LogP contribution is -2.46. The number of hydrogen-bond donors (Lipinski definition) is 1. The molecule has 1 fully saturated rings. The molecule has 23 heavy (non-hydrogen) atoms. The summed E-state index contributed by atoms with van der Waals surface area (Å²) in [5.41, 5.74) is 1.23. The summed E-state index contributed by atoms with van der Waals surface area (Å²) in [4.78, 5) is 9.24. The van der Waals surface area contributed by atoms with Crippen molar-refractivity contribution in [1.29, 1.82) is 0 Å². The van der Waals surface area contributed by atoms with Gasteiger partial charge in [0.15, 0.2) is 0 Å². The van der Waals surface area contributed by atoms with Gasteiger partial charge in [-0.2, -0.15) is 4.37 Å². The van der Waals surface area contributed by atoms with Gasteiger partial charge in [-0.05, 0) is 38.1 Å². The number of aromatic nitrogens is 2. The van der Waals surface area contributed by atoms with E-state index in [4.69, 9.17) is 11.6 Å². The maximum absolute atomic E-state index is 6.08. The Kier molecular flexibility index (Phi) is 5.70. The first kappa shape index (κ1) is 16.5. The molecule has 0 unspecified atom stereocenters. The number of hydrogen-bond acceptors (Lipinski definition) is 6. The van der Waals surface area contributed by atoms with Crippen molar-refractivity contribution in [2.75, 3.05) is 49.5 Å². The van der Waals surface area contributed by atoms with Crippen LogP contribution in [0, 0.1) is 6.92 Å². The smallest absolute Gasteiger partial charge is 0.202 e. The number of nitrogens with zero attached hydrogens (tertiary/aromatic N) is 4. The minimum atomic E-state index is 0.808. The number of benzene rings is 1. The molecule has 2 aromatic rings. The van der Waals surface area contributed by atoms with Crippen LogP contribution in [0.5, 0.6) is 0 Å². The third kappa shape index (κ3) is 4.80. The SMILES string of the molecule is Cc1nsc(NCCCN2CCN(c3cccc(Cl)c3)CC2)n1. The molecule has 124 valence electrons. The highest BCUT2D eigenvalue weighted by atomic mass is 35.5. The monoisotopic (exact) mass is 351 g/mol. The Labute approximate surface area is 146 Å². The molecule has 0 spiro atoms. The number of piperazine rings is 1. The van der Waals surface area contributed by atoms with E-state index in [2.05, 4.69) is 30.5 Å². The Balaban J connectivity index is 1.36. The molecule has 2 heterocycles. The largest absolute Gasteiger partial charge is 0.369 e.